The fraction of sp³-hybridized carbons (Fsp3) is 0.200. The molecule has 2 aromatic heterocycles. The monoisotopic (exact) mass is 380 g/mol. The first-order chi connectivity index (χ1) is 13.2. The standard InChI is InChI=1S/C20H20N4O2S/c1-25-13-8-9-16(17(12-13)26-2)24-19(15-7-5-11-22-15)18(23-20(24)27)14-6-3-4-10-21-14/h3-12,18-19,22H,1-2H3,(H,23,27)/t18-,19-/m0/s1. The number of nitrogens with one attached hydrogen (secondary N) is 2. The van der Waals surface area contributed by atoms with Gasteiger partial charge in [-0.15, -0.1) is 0 Å². The fourth-order valence-corrected chi connectivity index (χ4v) is 3.78. The molecule has 0 spiro atoms. The number of hydrogen-bond acceptors (Lipinski definition) is 4. The Hall–Kier alpha value is -3.06. The summed E-state index contributed by atoms with van der Waals surface area (Å²) in [6, 6.07) is 15.5. The summed E-state index contributed by atoms with van der Waals surface area (Å²) in [6.45, 7) is 0. The highest BCUT2D eigenvalue weighted by Gasteiger charge is 2.42. The van der Waals surface area contributed by atoms with Crippen molar-refractivity contribution in [3.8, 4) is 11.5 Å². The van der Waals surface area contributed by atoms with Crippen LogP contribution in [0.3, 0.4) is 0 Å². The van der Waals surface area contributed by atoms with E-state index in [1.54, 1.807) is 20.4 Å². The van der Waals surface area contributed by atoms with E-state index >= 15 is 0 Å². The van der Waals surface area contributed by atoms with E-state index in [-0.39, 0.29) is 12.1 Å². The first-order valence-corrected chi connectivity index (χ1v) is 8.99. The van der Waals surface area contributed by atoms with Gasteiger partial charge < -0.3 is 24.7 Å². The van der Waals surface area contributed by atoms with Crippen molar-refractivity contribution >= 4 is 23.0 Å². The molecule has 0 saturated carbocycles. The molecule has 0 radical (unpaired) electrons. The lowest BCUT2D eigenvalue weighted by Crippen LogP contribution is -2.29. The molecule has 3 heterocycles. The van der Waals surface area contributed by atoms with Gasteiger partial charge in [0.25, 0.3) is 0 Å². The number of anilines is 1. The van der Waals surface area contributed by atoms with Crippen LogP contribution in [0.4, 0.5) is 5.69 Å². The van der Waals surface area contributed by atoms with Gasteiger partial charge in [-0.05, 0) is 48.6 Å². The van der Waals surface area contributed by atoms with Crippen LogP contribution >= 0.6 is 12.2 Å². The lowest BCUT2D eigenvalue weighted by Gasteiger charge is -2.28. The molecule has 0 unspecified atom stereocenters. The average molecular weight is 380 g/mol. The van der Waals surface area contributed by atoms with Crippen molar-refractivity contribution in [2.24, 2.45) is 0 Å². The maximum Gasteiger partial charge on any atom is 0.174 e. The quantitative estimate of drug-likeness (QED) is 0.660. The number of pyridine rings is 1. The van der Waals surface area contributed by atoms with E-state index in [0.29, 0.717) is 10.9 Å². The maximum absolute atomic E-state index is 5.71. The van der Waals surface area contributed by atoms with Crippen LogP contribution in [-0.2, 0) is 0 Å². The molecule has 6 nitrogen and oxygen atoms in total. The van der Waals surface area contributed by atoms with Crippen molar-refractivity contribution in [2.75, 3.05) is 19.1 Å². The summed E-state index contributed by atoms with van der Waals surface area (Å²) >= 11 is 5.71. The summed E-state index contributed by atoms with van der Waals surface area (Å²) in [4.78, 5) is 9.93. The molecule has 1 fully saturated rings. The van der Waals surface area contributed by atoms with E-state index in [4.69, 9.17) is 21.7 Å². The Balaban J connectivity index is 1.83. The highest BCUT2D eigenvalue weighted by molar-refractivity contribution is 7.80. The van der Waals surface area contributed by atoms with Crippen molar-refractivity contribution in [1.82, 2.24) is 15.3 Å². The van der Waals surface area contributed by atoms with E-state index in [2.05, 4.69) is 26.3 Å². The van der Waals surface area contributed by atoms with Gasteiger partial charge in [-0.1, -0.05) is 6.07 Å². The number of thiocarbonyl (C=S) groups is 1. The van der Waals surface area contributed by atoms with E-state index < -0.39 is 0 Å². The van der Waals surface area contributed by atoms with Crippen molar-refractivity contribution in [2.45, 2.75) is 12.1 Å². The Morgan fingerprint density at radius 1 is 1.07 bits per heavy atom. The molecule has 2 N–H and O–H groups in total. The lowest BCUT2D eigenvalue weighted by molar-refractivity contribution is 0.394. The number of methoxy groups -OCH3 is 2. The molecule has 7 heteroatoms. The lowest BCUT2D eigenvalue weighted by atomic mass is 10.0. The van der Waals surface area contributed by atoms with E-state index in [9.17, 15) is 0 Å². The molecule has 1 aliphatic heterocycles. The molecule has 1 aromatic carbocycles. The number of benzene rings is 1. The minimum absolute atomic E-state index is 0.0929. The van der Waals surface area contributed by atoms with Crippen LogP contribution in [0.25, 0.3) is 0 Å². The summed E-state index contributed by atoms with van der Waals surface area (Å²) in [5.74, 6) is 1.42. The molecule has 4 rings (SSSR count). The Morgan fingerprint density at radius 3 is 2.63 bits per heavy atom. The van der Waals surface area contributed by atoms with Crippen molar-refractivity contribution in [3.05, 3.63) is 72.3 Å². The second-order valence-corrected chi connectivity index (χ2v) is 6.55. The molecule has 2 atom stereocenters. The van der Waals surface area contributed by atoms with Gasteiger partial charge in [-0.2, -0.15) is 0 Å². The van der Waals surface area contributed by atoms with Crippen molar-refractivity contribution in [1.29, 1.82) is 0 Å². The van der Waals surface area contributed by atoms with Crippen LogP contribution in [0.5, 0.6) is 11.5 Å². The molecule has 0 bridgehead atoms. The first kappa shape index (κ1) is 17.4. The molecule has 0 aliphatic carbocycles. The van der Waals surface area contributed by atoms with Crippen LogP contribution in [-0.4, -0.2) is 29.3 Å². The summed E-state index contributed by atoms with van der Waals surface area (Å²) < 4.78 is 10.9. The zero-order valence-corrected chi connectivity index (χ0v) is 15.9. The van der Waals surface area contributed by atoms with Crippen LogP contribution in [0.15, 0.2) is 60.9 Å². The van der Waals surface area contributed by atoms with Crippen LogP contribution in [0.1, 0.15) is 23.5 Å². The molecule has 3 aromatic rings. The Kier molecular flexibility index (Phi) is 4.68. The van der Waals surface area contributed by atoms with Crippen molar-refractivity contribution in [3.63, 3.8) is 0 Å². The molecular weight excluding hydrogens is 360 g/mol. The van der Waals surface area contributed by atoms with Crippen LogP contribution < -0.4 is 19.7 Å². The molecule has 138 valence electrons. The van der Waals surface area contributed by atoms with E-state index in [0.717, 1.165) is 22.8 Å². The highest BCUT2D eigenvalue weighted by atomic mass is 32.1. The fourth-order valence-electron chi connectivity index (χ4n) is 3.44. The largest absolute Gasteiger partial charge is 0.497 e. The van der Waals surface area contributed by atoms with Gasteiger partial charge in [0.05, 0.1) is 31.6 Å². The summed E-state index contributed by atoms with van der Waals surface area (Å²) in [5, 5.41) is 4.04. The smallest absolute Gasteiger partial charge is 0.174 e. The minimum Gasteiger partial charge on any atom is -0.497 e. The van der Waals surface area contributed by atoms with Crippen LogP contribution in [0.2, 0.25) is 0 Å². The molecule has 1 aliphatic rings. The number of aromatic nitrogens is 2. The topological polar surface area (TPSA) is 62.4 Å². The Morgan fingerprint density at radius 2 is 1.96 bits per heavy atom. The van der Waals surface area contributed by atoms with E-state index in [1.165, 1.54) is 0 Å². The predicted molar refractivity (Wildman–Crippen MR) is 108 cm³/mol. The normalized spacial score (nSPS) is 19.0. The third-order valence-corrected chi connectivity index (χ3v) is 5.00. The number of H-pyrrole nitrogens is 1. The van der Waals surface area contributed by atoms with Crippen LogP contribution in [0, 0.1) is 0 Å². The van der Waals surface area contributed by atoms with Gasteiger partial charge in [0.2, 0.25) is 0 Å². The van der Waals surface area contributed by atoms with E-state index in [1.807, 2.05) is 48.7 Å². The Labute approximate surface area is 163 Å². The Bertz CT molecular complexity index is 930. The van der Waals surface area contributed by atoms with Gasteiger partial charge >= 0.3 is 0 Å². The van der Waals surface area contributed by atoms with Gasteiger partial charge in [-0.25, -0.2) is 0 Å². The molecule has 0 amide bonds. The van der Waals surface area contributed by atoms with Gasteiger partial charge in [-0.3, -0.25) is 4.98 Å². The van der Waals surface area contributed by atoms with Gasteiger partial charge in [0.15, 0.2) is 5.11 Å². The number of hydrogen-bond donors (Lipinski definition) is 2. The minimum atomic E-state index is -0.0934. The maximum atomic E-state index is 5.71. The third kappa shape index (κ3) is 3.10. The SMILES string of the molecule is COc1ccc(N2C(=S)N[C@@H](c3ccccn3)[C@@H]2c2ccc[nH]2)c(OC)c1. The summed E-state index contributed by atoms with van der Waals surface area (Å²) in [7, 11) is 3.28. The zero-order chi connectivity index (χ0) is 18.8. The summed E-state index contributed by atoms with van der Waals surface area (Å²) in [6.07, 6.45) is 3.71. The summed E-state index contributed by atoms with van der Waals surface area (Å²) in [5.41, 5.74) is 2.83. The number of rotatable bonds is 5. The predicted octanol–water partition coefficient (Wildman–Crippen LogP) is 3.60. The van der Waals surface area contributed by atoms with Crippen molar-refractivity contribution < 1.29 is 9.47 Å². The second kappa shape index (κ2) is 7.28. The second-order valence-electron chi connectivity index (χ2n) is 6.16. The van der Waals surface area contributed by atoms with Gasteiger partial charge in [0.1, 0.15) is 17.5 Å². The average Bonchev–Trinajstić information content (AvgIpc) is 3.35. The first-order valence-electron chi connectivity index (χ1n) is 8.59. The number of ether oxygens (including phenoxy) is 2. The zero-order valence-electron chi connectivity index (χ0n) is 15.0. The van der Waals surface area contributed by atoms with Gasteiger partial charge in [0, 0.05) is 24.2 Å². The number of nitrogens with zero attached hydrogens (tertiary/aromatic N) is 2. The highest BCUT2D eigenvalue weighted by Crippen LogP contribution is 2.44. The number of aromatic amines is 1. The molecular formula is C20H20N4O2S. The molecule has 1 saturated heterocycles. The molecule has 27 heavy (non-hydrogen) atoms. The third-order valence-electron chi connectivity index (χ3n) is 4.69.